The summed E-state index contributed by atoms with van der Waals surface area (Å²) >= 11 is 1.03. The molecular weight excluding hydrogens is 408 g/mol. The molecule has 9 heteroatoms. The molecule has 0 atom stereocenters. The van der Waals surface area contributed by atoms with Gasteiger partial charge in [-0.3, -0.25) is 14.2 Å². The molecule has 3 rings (SSSR count). The second-order valence-electron chi connectivity index (χ2n) is 6.83. The lowest BCUT2D eigenvalue weighted by atomic mass is 10.1. The quantitative estimate of drug-likeness (QED) is 0.550. The average molecular weight is 430 g/mol. The zero-order valence-corrected chi connectivity index (χ0v) is 17.5. The number of hydrogen-bond acceptors (Lipinski definition) is 6. The highest BCUT2D eigenvalue weighted by molar-refractivity contribution is 7.20. The molecule has 0 aliphatic heterocycles. The molecule has 0 spiro atoms. The topological polar surface area (TPSA) is 108 Å². The first-order valence-corrected chi connectivity index (χ1v) is 10.4. The van der Waals surface area contributed by atoms with Crippen LogP contribution in [0.4, 0.5) is 0 Å². The highest BCUT2D eigenvalue weighted by Crippen LogP contribution is 2.28. The van der Waals surface area contributed by atoms with E-state index in [-0.39, 0.29) is 23.4 Å². The van der Waals surface area contributed by atoms with Crippen molar-refractivity contribution in [3.05, 3.63) is 67.2 Å². The number of aromatic nitrogens is 2. The van der Waals surface area contributed by atoms with Gasteiger partial charge in [0.25, 0.3) is 5.56 Å². The number of aryl methyl sites for hydroxylation is 3. The first kappa shape index (κ1) is 21.5. The molecular formula is C21H22N2O6S. The van der Waals surface area contributed by atoms with Crippen LogP contribution in [-0.2, 0) is 29.0 Å². The van der Waals surface area contributed by atoms with Crippen molar-refractivity contribution in [2.75, 3.05) is 6.61 Å². The van der Waals surface area contributed by atoms with Crippen molar-refractivity contribution in [1.82, 2.24) is 9.13 Å². The molecule has 0 amide bonds. The first-order chi connectivity index (χ1) is 14.3. The summed E-state index contributed by atoms with van der Waals surface area (Å²) < 4.78 is 7.28. The summed E-state index contributed by atoms with van der Waals surface area (Å²) in [5.41, 5.74) is -0.0321. The van der Waals surface area contributed by atoms with Gasteiger partial charge in [-0.25, -0.2) is 14.2 Å². The molecule has 0 saturated carbocycles. The van der Waals surface area contributed by atoms with Gasteiger partial charge in [-0.15, -0.1) is 11.3 Å². The van der Waals surface area contributed by atoms with Gasteiger partial charge < -0.3 is 9.84 Å². The number of carboxylic acid groups (broad SMARTS) is 1. The van der Waals surface area contributed by atoms with E-state index in [1.165, 1.54) is 4.57 Å². The highest BCUT2D eigenvalue weighted by atomic mass is 32.1. The molecule has 1 N–H and O–H groups in total. The fourth-order valence-corrected chi connectivity index (χ4v) is 4.42. The van der Waals surface area contributed by atoms with Crippen LogP contribution in [0.25, 0.3) is 10.2 Å². The Labute approximate surface area is 176 Å². The predicted octanol–water partition coefficient (Wildman–Crippen LogP) is 2.43. The van der Waals surface area contributed by atoms with E-state index in [2.05, 4.69) is 0 Å². The van der Waals surface area contributed by atoms with Gasteiger partial charge in [-0.2, -0.15) is 0 Å². The van der Waals surface area contributed by atoms with Crippen LogP contribution in [-0.4, -0.2) is 32.8 Å². The normalized spacial score (nSPS) is 11.0. The van der Waals surface area contributed by atoms with Gasteiger partial charge in [-0.05, 0) is 30.9 Å². The maximum Gasteiger partial charge on any atom is 0.348 e. The van der Waals surface area contributed by atoms with Crippen molar-refractivity contribution in [2.45, 2.75) is 39.8 Å². The average Bonchev–Trinajstić information content (AvgIpc) is 3.07. The van der Waals surface area contributed by atoms with Crippen molar-refractivity contribution in [2.24, 2.45) is 0 Å². The van der Waals surface area contributed by atoms with Crippen LogP contribution >= 0.6 is 11.3 Å². The standard InChI is InChI=1S/C21H22N2O6S/c1-3-11-29-20(27)17-13(2)16-18(26)23(12-15(24)25)21(28)22(19(16)30-17)10-9-14-7-5-4-6-8-14/h4-8H,3,9-12H2,1-2H3,(H,24,25). The molecule has 2 heterocycles. The van der Waals surface area contributed by atoms with Crippen molar-refractivity contribution in [3.63, 3.8) is 0 Å². The van der Waals surface area contributed by atoms with Crippen molar-refractivity contribution in [3.8, 4) is 0 Å². The molecule has 3 aromatic rings. The van der Waals surface area contributed by atoms with Gasteiger partial charge in [0.15, 0.2) is 0 Å². The number of carboxylic acids is 1. The third-order valence-electron chi connectivity index (χ3n) is 4.68. The molecule has 0 unspecified atom stereocenters. The molecule has 0 bridgehead atoms. The molecule has 0 aliphatic rings. The Morgan fingerprint density at radius 3 is 2.47 bits per heavy atom. The molecule has 158 valence electrons. The lowest BCUT2D eigenvalue weighted by Gasteiger charge is -2.11. The van der Waals surface area contributed by atoms with E-state index in [9.17, 15) is 19.2 Å². The second-order valence-corrected chi connectivity index (χ2v) is 7.83. The van der Waals surface area contributed by atoms with E-state index in [4.69, 9.17) is 9.84 Å². The number of thiophene rings is 1. The Kier molecular flexibility index (Phi) is 6.51. The lowest BCUT2D eigenvalue weighted by molar-refractivity contribution is -0.137. The SMILES string of the molecule is CCCOC(=O)c1sc2c(c1C)c(=O)n(CC(=O)O)c(=O)n2CCc1ccccc1. The molecule has 0 saturated heterocycles. The first-order valence-electron chi connectivity index (χ1n) is 9.54. The van der Waals surface area contributed by atoms with Crippen molar-refractivity contribution >= 4 is 33.5 Å². The zero-order valence-electron chi connectivity index (χ0n) is 16.7. The maximum absolute atomic E-state index is 13.0. The summed E-state index contributed by atoms with van der Waals surface area (Å²) in [6, 6.07) is 9.50. The van der Waals surface area contributed by atoms with Crippen LogP contribution in [0.15, 0.2) is 39.9 Å². The Balaban J connectivity index is 2.18. The zero-order chi connectivity index (χ0) is 21.8. The van der Waals surface area contributed by atoms with Crippen LogP contribution < -0.4 is 11.2 Å². The van der Waals surface area contributed by atoms with Gasteiger partial charge in [0.05, 0.1) is 12.0 Å². The minimum Gasteiger partial charge on any atom is -0.480 e. The maximum atomic E-state index is 13.0. The Bertz CT molecular complexity index is 1210. The van der Waals surface area contributed by atoms with Gasteiger partial charge >= 0.3 is 17.6 Å². The third kappa shape index (κ3) is 4.20. The number of nitrogens with zero attached hydrogens (tertiary/aromatic N) is 2. The Hall–Kier alpha value is -3.20. The fourth-order valence-electron chi connectivity index (χ4n) is 3.21. The van der Waals surface area contributed by atoms with Crippen LogP contribution in [0.5, 0.6) is 0 Å². The molecule has 1 aromatic carbocycles. The van der Waals surface area contributed by atoms with E-state index in [1.54, 1.807) is 6.92 Å². The fraction of sp³-hybridized carbons (Fsp3) is 0.333. The second kappa shape index (κ2) is 9.08. The van der Waals surface area contributed by atoms with Crippen LogP contribution in [0.2, 0.25) is 0 Å². The lowest BCUT2D eigenvalue weighted by Crippen LogP contribution is -2.41. The van der Waals surface area contributed by atoms with Crippen molar-refractivity contribution in [1.29, 1.82) is 0 Å². The van der Waals surface area contributed by atoms with Gasteiger partial charge in [-0.1, -0.05) is 37.3 Å². The summed E-state index contributed by atoms with van der Waals surface area (Å²) in [7, 11) is 0. The minimum atomic E-state index is -1.29. The molecule has 2 aromatic heterocycles. The number of fused-ring (bicyclic) bond motifs is 1. The number of rotatable bonds is 8. The summed E-state index contributed by atoms with van der Waals surface area (Å²) in [6.07, 6.45) is 1.16. The number of benzene rings is 1. The van der Waals surface area contributed by atoms with E-state index in [0.717, 1.165) is 16.9 Å². The number of hydrogen-bond donors (Lipinski definition) is 1. The number of esters is 1. The van der Waals surface area contributed by atoms with Crippen LogP contribution in [0, 0.1) is 6.92 Å². The summed E-state index contributed by atoms with van der Waals surface area (Å²) in [6.45, 7) is 3.22. The largest absolute Gasteiger partial charge is 0.480 e. The Morgan fingerprint density at radius 2 is 1.83 bits per heavy atom. The molecule has 0 fully saturated rings. The van der Waals surface area contributed by atoms with E-state index in [1.807, 2.05) is 37.3 Å². The monoisotopic (exact) mass is 430 g/mol. The van der Waals surface area contributed by atoms with Gasteiger partial charge in [0.1, 0.15) is 16.3 Å². The molecule has 0 aliphatic carbocycles. The Morgan fingerprint density at radius 1 is 1.13 bits per heavy atom. The van der Waals surface area contributed by atoms with Gasteiger partial charge in [0.2, 0.25) is 0 Å². The molecule has 30 heavy (non-hydrogen) atoms. The number of ether oxygens (including phenoxy) is 1. The number of carbonyl (C=O) groups excluding carboxylic acids is 1. The van der Waals surface area contributed by atoms with E-state index >= 15 is 0 Å². The highest BCUT2D eigenvalue weighted by Gasteiger charge is 2.24. The predicted molar refractivity (Wildman–Crippen MR) is 113 cm³/mol. The smallest absolute Gasteiger partial charge is 0.348 e. The van der Waals surface area contributed by atoms with Crippen LogP contribution in [0.1, 0.15) is 34.1 Å². The van der Waals surface area contributed by atoms with Crippen molar-refractivity contribution < 1.29 is 19.4 Å². The third-order valence-corrected chi connectivity index (χ3v) is 5.97. The van der Waals surface area contributed by atoms with E-state index < -0.39 is 29.7 Å². The minimum absolute atomic E-state index is 0.178. The summed E-state index contributed by atoms with van der Waals surface area (Å²) in [5, 5.41) is 9.35. The van der Waals surface area contributed by atoms with Gasteiger partial charge in [0, 0.05) is 6.54 Å². The number of aliphatic carboxylic acids is 1. The van der Waals surface area contributed by atoms with E-state index in [0.29, 0.717) is 27.8 Å². The summed E-state index contributed by atoms with van der Waals surface area (Å²) in [4.78, 5) is 50.2. The number of carbonyl (C=O) groups is 2. The van der Waals surface area contributed by atoms with Crippen LogP contribution in [0.3, 0.4) is 0 Å². The molecule has 8 nitrogen and oxygen atoms in total. The summed E-state index contributed by atoms with van der Waals surface area (Å²) in [5.74, 6) is -1.85. The molecule has 0 radical (unpaired) electrons.